The maximum atomic E-state index is 13.3. The molecule has 2 aliphatic rings. The minimum Gasteiger partial charge on any atom is -0.368 e. The summed E-state index contributed by atoms with van der Waals surface area (Å²) in [6.07, 6.45) is -2.59. The first-order valence-corrected chi connectivity index (χ1v) is 13.1. The largest absolute Gasteiger partial charge is 0.416 e. The maximum absolute atomic E-state index is 13.3. The predicted molar refractivity (Wildman–Crippen MR) is 126 cm³/mol. The molecule has 1 aliphatic heterocycles. The highest BCUT2D eigenvalue weighted by molar-refractivity contribution is 7.89. The van der Waals surface area contributed by atoms with Gasteiger partial charge in [0.05, 0.1) is 16.6 Å². The first kappa shape index (κ1) is 25.9. The monoisotopic (exact) mass is 529 g/mol. The summed E-state index contributed by atoms with van der Waals surface area (Å²) in [5, 5.41) is -0.456. The third-order valence-electron chi connectivity index (χ3n) is 7.28. The van der Waals surface area contributed by atoms with E-state index in [-0.39, 0.29) is 35.9 Å². The van der Waals surface area contributed by atoms with Crippen LogP contribution in [0.4, 0.5) is 13.2 Å². The lowest BCUT2D eigenvalue weighted by molar-refractivity contribution is -0.137. The van der Waals surface area contributed by atoms with Crippen molar-refractivity contribution in [3.8, 4) is 0 Å². The summed E-state index contributed by atoms with van der Waals surface area (Å²) < 4.78 is 66.8. The van der Waals surface area contributed by atoms with Crippen molar-refractivity contribution in [2.45, 2.75) is 42.4 Å². The number of rotatable bonds is 7. The highest BCUT2D eigenvalue weighted by atomic mass is 35.5. The molecule has 4 rings (SSSR count). The Morgan fingerprint density at radius 3 is 2.46 bits per heavy atom. The van der Waals surface area contributed by atoms with Gasteiger partial charge in [0.15, 0.2) is 0 Å². The van der Waals surface area contributed by atoms with Crippen LogP contribution in [-0.4, -0.2) is 55.8 Å². The van der Waals surface area contributed by atoms with E-state index in [0.717, 1.165) is 30.5 Å². The third-order valence-corrected chi connectivity index (χ3v) is 9.59. The second-order valence-electron chi connectivity index (χ2n) is 9.31. The average Bonchev–Trinajstić information content (AvgIpc) is 3.38. The molecular formula is C24H27ClF3N3O3S. The van der Waals surface area contributed by atoms with Gasteiger partial charge in [0.2, 0.25) is 15.9 Å². The van der Waals surface area contributed by atoms with Crippen molar-refractivity contribution < 1.29 is 26.4 Å². The molecule has 2 aromatic rings. The van der Waals surface area contributed by atoms with Crippen LogP contribution in [0, 0.1) is 11.8 Å². The van der Waals surface area contributed by atoms with Crippen molar-refractivity contribution in [1.29, 1.82) is 0 Å². The van der Waals surface area contributed by atoms with Gasteiger partial charge >= 0.3 is 6.18 Å². The van der Waals surface area contributed by atoms with Crippen molar-refractivity contribution in [1.82, 2.24) is 9.21 Å². The van der Waals surface area contributed by atoms with Crippen LogP contribution >= 0.6 is 11.6 Å². The van der Waals surface area contributed by atoms with Crippen molar-refractivity contribution in [3.05, 3.63) is 64.7 Å². The highest BCUT2D eigenvalue weighted by Crippen LogP contribution is 2.43. The number of carbonyl (C=O) groups is 1. The van der Waals surface area contributed by atoms with Crippen molar-refractivity contribution in [2.24, 2.45) is 17.6 Å². The Morgan fingerprint density at radius 1 is 1.17 bits per heavy atom. The number of hydrogen-bond donors (Lipinski definition) is 1. The molecule has 0 spiro atoms. The van der Waals surface area contributed by atoms with Gasteiger partial charge in [-0.15, -0.1) is 0 Å². The molecule has 4 atom stereocenters. The third kappa shape index (κ3) is 5.21. The zero-order chi connectivity index (χ0) is 25.5. The maximum Gasteiger partial charge on any atom is 0.416 e. The predicted octanol–water partition coefficient (Wildman–Crippen LogP) is 3.79. The van der Waals surface area contributed by atoms with Crippen LogP contribution in [0.5, 0.6) is 0 Å². The second-order valence-corrected chi connectivity index (χ2v) is 11.6. The van der Waals surface area contributed by atoms with Gasteiger partial charge in [0.1, 0.15) is 4.90 Å². The van der Waals surface area contributed by atoms with Gasteiger partial charge in [-0.3, -0.25) is 9.69 Å². The smallest absolute Gasteiger partial charge is 0.368 e. The number of carbonyl (C=O) groups excluding carboxylic acids is 1. The number of nitrogens with two attached hydrogens (primary N) is 1. The molecule has 1 aliphatic carbocycles. The summed E-state index contributed by atoms with van der Waals surface area (Å²) in [4.78, 5) is 13.9. The van der Waals surface area contributed by atoms with E-state index in [2.05, 4.69) is 0 Å². The molecule has 11 heteroatoms. The van der Waals surface area contributed by atoms with E-state index in [0.29, 0.717) is 12.5 Å². The van der Waals surface area contributed by atoms with E-state index in [1.54, 1.807) is 0 Å². The molecule has 0 radical (unpaired) electrons. The molecule has 6 nitrogen and oxygen atoms in total. The van der Waals surface area contributed by atoms with Crippen LogP contribution in [0.3, 0.4) is 0 Å². The number of hydrogen-bond acceptors (Lipinski definition) is 4. The number of fused-ring (bicyclic) bond motifs is 1. The number of alkyl halides is 3. The normalized spacial score (nSPS) is 24.0. The highest BCUT2D eigenvalue weighted by Gasteiger charge is 2.49. The van der Waals surface area contributed by atoms with Gasteiger partial charge in [-0.05, 0) is 61.9 Å². The lowest BCUT2D eigenvalue weighted by Crippen LogP contribution is -2.50. The number of likely N-dealkylation sites (N-methyl/N-ethyl adjacent to an activating group) is 1. The Labute approximate surface area is 207 Å². The molecule has 1 amide bonds. The molecule has 2 fully saturated rings. The molecule has 2 N–H and O–H groups in total. The van der Waals surface area contributed by atoms with E-state index in [1.807, 2.05) is 42.3 Å². The van der Waals surface area contributed by atoms with Crippen molar-refractivity contribution in [3.63, 3.8) is 0 Å². The summed E-state index contributed by atoms with van der Waals surface area (Å²) in [5.41, 5.74) is 5.72. The molecule has 35 heavy (non-hydrogen) atoms. The minimum atomic E-state index is -4.62. The molecule has 190 valence electrons. The van der Waals surface area contributed by atoms with E-state index in [4.69, 9.17) is 17.3 Å². The Hall–Kier alpha value is -2.14. The summed E-state index contributed by atoms with van der Waals surface area (Å²) in [6.45, 7) is 0.463. The summed E-state index contributed by atoms with van der Waals surface area (Å²) in [6, 6.07) is 11.2. The van der Waals surface area contributed by atoms with Crippen LogP contribution < -0.4 is 5.73 Å². The number of nitrogens with zero attached hydrogens (tertiary/aromatic N) is 2. The van der Waals surface area contributed by atoms with Crippen molar-refractivity contribution >= 4 is 27.5 Å². The lowest BCUT2D eigenvalue weighted by atomic mass is 9.94. The van der Waals surface area contributed by atoms with Crippen LogP contribution in [0.15, 0.2) is 53.4 Å². The van der Waals surface area contributed by atoms with E-state index in [9.17, 15) is 26.4 Å². The fourth-order valence-electron chi connectivity index (χ4n) is 5.44. The molecule has 0 unspecified atom stereocenters. The Bertz CT molecular complexity index is 1190. The van der Waals surface area contributed by atoms with Crippen LogP contribution in [0.2, 0.25) is 5.02 Å². The van der Waals surface area contributed by atoms with Gasteiger partial charge in [0, 0.05) is 19.1 Å². The van der Waals surface area contributed by atoms with Gasteiger partial charge in [-0.25, -0.2) is 8.42 Å². The van der Waals surface area contributed by atoms with Gasteiger partial charge in [-0.2, -0.15) is 17.5 Å². The first-order chi connectivity index (χ1) is 16.4. The van der Waals surface area contributed by atoms with E-state index in [1.165, 1.54) is 4.31 Å². The second kappa shape index (κ2) is 9.72. The average molecular weight is 530 g/mol. The topological polar surface area (TPSA) is 83.7 Å². The van der Waals surface area contributed by atoms with Crippen LogP contribution in [0.25, 0.3) is 0 Å². The van der Waals surface area contributed by atoms with Crippen LogP contribution in [0.1, 0.15) is 24.0 Å². The van der Waals surface area contributed by atoms with E-state index >= 15 is 0 Å². The van der Waals surface area contributed by atoms with Gasteiger partial charge < -0.3 is 5.73 Å². The molecule has 1 saturated heterocycles. The number of amides is 1. The Kier molecular flexibility index (Phi) is 7.21. The fourth-order valence-corrected chi connectivity index (χ4v) is 7.49. The molecule has 0 aromatic heterocycles. The SMILES string of the molecule is CN([C@@H](Cc1ccccc1)C(N)=O)[C@H]1CC[C@@H]2CN(S(=O)(=O)c3ccc(C(F)(F)F)cc3Cl)C[C@@H]21. The summed E-state index contributed by atoms with van der Waals surface area (Å²) in [7, 11) is -2.24. The molecule has 1 saturated carbocycles. The zero-order valence-corrected chi connectivity index (χ0v) is 20.7. The number of primary amides is 1. The quantitative estimate of drug-likeness (QED) is 0.591. The Balaban J connectivity index is 1.52. The van der Waals surface area contributed by atoms with E-state index < -0.39 is 38.7 Å². The van der Waals surface area contributed by atoms with Gasteiger partial charge in [0.25, 0.3) is 0 Å². The minimum absolute atomic E-state index is 0.0272. The standard InChI is InChI=1S/C24H27ClF3N3O3S/c1-30(21(23(29)32)11-15-5-3-2-4-6-15)20-9-7-16-13-31(14-18(16)20)35(33,34)22-10-8-17(12-19(22)25)24(26,27)28/h2-6,8,10,12,16,18,20-21H,7,9,11,13-14H2,1H3,(H2,29,32)/t16-,18+,20+,21+/m1/s1. The van der Waals surface area contributed by atoms with Gasteiger partial charge in [-0.1, -0.05) is 41.9 Å². The molecule has 2 aromatic carbocycles. The number of sulfonamides is 1. The van der Waals surface area contributed by atoms with Crippen LogP contribution in [-0.2, 0) is 27.4 Å². The lowest BCUT2D eigenvalue weighted by Gasteiger charge is -2.34. The zero-order valence-electron chi connectivity index (χ0n) is 19.1. The number of halogens is 4. The molecule has 0 bridgehead atoms. The Morgan fingerprint density at radius 2 is 1.86 bits per heavy atom. The fraction of sp³-hybridized carbons (Fsp3) is 0.458. The first-order valence-electron chi connectivity index (χ1n) is 11.3. The molecular weight excluding hydrogens is 503 g/mol. The number of benzene rings is 2. The summed E-state index contributed by atoms with van der Waals surface area (Å²) in [5.74, 6) is -0.393. The van der Waals surface area contributed by atoms with Crippen molar-refractivity contribution in [2.75, 3.05) is 20.1 Å². The molecule has 1 heterocycles. The summed E-state index contributed by atoms with van der Waals surface area (Å²) >= 11 is 5.99.